The van der Waals surface area contributed by atoms with Gasteiger partial charge in [0.15, 0.2) is 11.5 Å². The SMILES string of the molecule is COc1ccc(C(=O)NCc2cccc(C(=O)N(Cc3ccccc3C(F)(F)F)c3ccc4c(c3)CNCC4)c2)cc1OC. The number of carbonyl (C=O) groups excluding carboxylic acids is 2. The molecule has 0 saturated carbocycles. The summed E-state index contributed by atoms with van der Waals surface area (Å²) in [4.78, 5) is 28.3. The number of hydrogen-bond acceptors (Lipinski definition) is 5. The standard InChI is InChI=1S/C34H32F3N3O4/c1-43-30-13-11-24(18-31(30)44-2)32(41)39-19-22-6-5-8-25(16-22)33(42)40(21-26-7-3-4-9-29(26)34(35,36)37)28-12-10-23-14-15-38-20-27(23)17-28/h3-13,16-18,38H,14-15,19-21H2,1-2H3,(H,39,41). The molecule has 0 unspecified atom stereocenters. The molecule has 0 fully saturated rings. The molecule has 0 radical (unpaired) electrons. The number of rotatable bonds is 9. The number of alkyl halides is 3. The van der Waals surface area contributed by atoms with Gasteiger partial charge in [0.25, 0.3) is 11.8 Å². The third kappa shape index (κ3) is 6.86. The zero-order valence-electron chi connectivity index (χ0n) is 24.3. The summed E-state index contributed by atoms with van der Waals surface area (Å²) >= 11 is 0. The van der Waals surface area contributed by atoms with Crippen molar-refractivity contribution in [2.24, 2.45) is 0 Å². The number of carbonyl (C=O) groups is 2. The Bertz CT molecular complexity index is 1670. The number of ether oxygens (including phenoxy) is 2. The van der Waals surface area contributed by atoms with Crippen molar-refractivity contribution < 1.29 is 32.2 Å². The van der Waals surface area contributed by atoms with Gasteiger partial charge in [-0.1, -0.05) is 36.4 Å². The summed E-state index contributed by atoms with van der Waals surface area (Å²) in [5.74, 6) is 0.0975. The minimum Gasteiger partial charge on any atom is -0.493 e. The Labute approximate surface area is 253 Å². The van der Waals surface area contributed by atoms with Gasteiger partial charge in [0, 0.05) is 29.9 Å². The van der Waals surface area contributed by atoms with Crippen LogP contribution >= 0.6 is 0 Å². The maximum atomic E-state index is 14.0. The van der Waals surface area contributed by atoms with E-state index in [4.69, 9.17) is 9.47 Å². The molecular weight excluding hydrogens is 571 g/mol. The Morgan fingerprint density at radius 2 is 1.66 bits per heavy atom. The molecule has 10 heteroatoms. The van der Waals surface area contributed by atoms with E-state index in [0.29, 0.717) is 34.9 Å². The lowest BCUT2D eigenvalue weighted by atomic mass is 9.99. The normalized spacial score (nSPS) is 12.7. The molecule has 44 heavy (non-hydrogen) atoms. The van der Waals surface area contributed by atoms with Gasteiger partial charge in [0.1, 0.15) is 0 Å². The highest BCUT2D eigenvalue weighted by atomic mass is 19.4. The third-order valence-electron chi connectivity index (χ3n) is 7.56. The molecule has 0 aliphatic carbocycles. The van der Waals surface area contributed by atoms with E-state index < -0.39 is 17.6 Å². The fourth-order valence-corrected chi connectivity index (χ4v) is 5.25. The monoisotopic (exact) mass is 603 g/mol. The number of fused-ring (bicyclic) bond motifs is 1. The Morgan fingerprint density at radius 1 is 0.864 bits per heavy atom. The molecule has 1 aliphatic heterocycles. The molecule has 7 nitrogen and oxygen atoms in total. The molecule has 5 rings (SSSR count). The van der Waals surface area contributed by atoms with Gasteiger partial charge >= 0.3 is 6.18 Å². The second-order valence-electron chi connectivity index (χ2n) is 10.4. The van der Waals surface area contributed by atoms with Crippen LogP contribution in [-0.4, -0.2) is 32.6 Å². The number of nitrogens with zero attached hydrogens (tertiary/aromatic N) is 1. The van der Waals surface area contributed by atoms with Crippen LogP contribution in [0.5, 0.6) is 11.5 Å². The highest BCUT2D eigenvalue weighted by Crippen LogP contribution is 2.34. The molecule has 0 aromatic heterocycles. The molecule has 4 aromatic carbocycles. The lowest BCUT2D eigenvalue weighted by Gasteiger charge is -2.27. The first kappa shape index (κ1) is 30.6. The van der Waals surface area contributed by atoms with Crippen LogP contribution < -0.4 is 25.0 Å². The van der Waals surface area contributed by atoms with Crippen LogP contribution in [0.25, 0.3) is 0 Å². The van der Waals surface area contributed by atoms with Crippen LogP contribution in [0.15, 0.2) is 84.9 Å². The van der Waals surface area contributed by atoms with E-state index in [1.807, 2.05) is 12.1 Å². The van der Waals surface area contributed by atoms with Crippen molar-refractivity contribution in [3.05, 3.63) is 124 Å². The number of hydrogen-bond donors (Lipinski definition) is 2. The highest BCUT2D eigenvalue weighted by Gasteiger charge is 2.34. The van der Waals surface area contributed by atoms with E-state index in [1.54, 1.807) is 48.5 Å². The molecule has 1 aliphatic rings. The molecule has 0 saturated heterocycles. The van der Waals surface area contributed by atoms with Crippen LogP contribution in [0.3, 0.4) is 0 Å². The quantitative estimate of drug-likeness (QED) is 0.240. The number of methoxy groups -OCH3 is 2. The van der Waals surface area contributed by atoms with Gasteiger partial charge in [-0.25, -0.2) is 0 Å². The Kier molecular flexibility index (Phi) is 9.20. The second-order valence-corrected chi connectivity index (χ2v) is 10.4. The van der Waals surface area contributed by atoms with Crippen LogP contribution in [0.1, 0.15) is 48.5 Å². The van der Waals surface area contributed by atoms with Crippen molar-refractivity contribution in [2.45, 2.75) is 32.2 Å². The zero-order valence-corrected chi connectivity index (χ0v) is 24.3. The minimum absolute atomic E-state index is 0.0115. The maximum Gasteiger partial charge on any atom is 0.416 e. The van der Waals surface area contributed by atoms with E-state index in [2.05, 4.69) is 10.6 Å². The Balaban J connectivity index is 1.41. The van der Waals surface area contributed by atoms with E-state index in [0.717, 1.165) is 30.2 Å². The van der Waals surface area contributed by atoms with Gasteiger partial charge in [-0.15, -0.1) is 0 Å². The first-order valence-electron chi connectivity index (χ1n) is 14.1. The summed E-state index contributed by atoms with van der Waals surface area (Å²) in [6.07, 6.45) is -3.74. The van der Waals surface area contributed by atoms with Gasteiger partial charge in [-0.2, -0.15) is 13.2 Å². The van der Waals surface area contributed by atoms with Gasteiger partial charge in [0.05, 0.1) is 26.3 Å². The average Bonchev–Trinajstić information content (AvgIpc) is 3.05. The minimum atomic E-state index is -4.57. The first-order valence-corrected chi connectivity index (χ1v) is 14.1. The first-order chi connectivity index (χ1) is 21.2. The van der Waals surface area contributed by atoms with Crippen LogP contribution in [-0.2, 0) is 32.2 Å². The number of nitrogens with one attached hydrogen (secondary N) is 2. The molecule has 228 valence electrons. The zero-order chi connectivity index (χ0) is 31.3. The summed E-state index contributed by atoms with van der Waals surface area (Å²) < 4.78 is 52.2. The smallest absolute Gasteiger partial charge is 0.416 e. The van der Waals surface area contributed by atoms with Crippen molar-refractivity contribution in [1.29, 1.82) is 0 Å². The fraction of sp³-hybridized carbons (Fsp3) is 0.235. The Hall–Kier alpha value is -4.83. The summed E-state index contributed by atoms with van der Waals surface area (Å²) in [7, 11) is 2.99. The van der Waals surface area contributed by atoms with Crippen molar-refractivity contribution in [2.75, 3.05) is 25.7 Å². The summed E-state index contributed by atoms with van der Waals surface area (Å²) in [6, 6.07) is 22.4. The Morgan fingerprint density at radius 3 is 2.43 bits per heavy atom. The number of benzene rings is 4. The van der Waals surface area contributed by atoms with Gasteiger partial charge in [-0.3, -0.25) is 9.59 Å². The predicted molar refractivity (Wildman–Crippen MR) is 161 cm³/mol. The molecule has 0 atom stereocenters. The lowest BCUT2D eigenvalue weighted by Crippen LogP contribution is -2.32. The van der Waals surface area contributed by atoms with E-state index in [1.165, 1.54) is 37.3 Å². The molecule has 4 aromatic rings. The third-order valence-corrected chi connectivity index (χ3v) is 7.56. The van der Waals surface area contributed by atoms with Gasteiger partial charge in [0.2, 0.25) is 0 Å². The molecule has 2 N–H and O–H groups in total. The number of anilines is 1. The molecule has 1 heterocycles. The van der Waals surface area contributed by atoms with Crippen molar-refractivity contribution >= 4 is 17.5 Å². The largest absolute Gasteiger partial charge is 0.493 e. The topological polar surface area (TPSA) is 79.9 Å². The van der Waals surface area contributed by atoms with Crippen molar-refractivity contribution in [1.82, 2.24) is 10.6 Å². The van der Waals surface area contributed by atoms with E-state index >= 15 is 0 Å². The predicted octanol–water partition coefficient (Wildman–Crippen LogP) is 6.15. The molecular formula is C34H32F3N3O4. The van der Waals surface area contributed by atoms with Crippen molar-refractivity contribution in [3.8, 4) is 11.5 Å². The van der Waals surface area contributed by atoms with Crippen LogP contribution in [0, 0.1) is 0 Å². The van der Waals surface area contributed by atoms with Gasteiger partial charge < -0.3 is 25.0 Å². The molecule has 0 bridgehead atoms. The highest BCUT2D eigenvalue weighted by molar-refractivity contribution is 6.06. The second kappa shape index (κ2) is 13.2. The average molecular weight is 604 g/mol. The van der Waals surface area contributed by atoms with Crippen LogP contribution in [0.2, 0.25) is 0 Å². The van der Waals surface area contributed by atoms with E-state index in [9.17, 15) is 22.8 Å². The number of amides is 2. The maximum absolute atomic E-state index is 14.0. The van der Waals surface area contributed by atoms with Crippen LogP contribution in [0.4, 0.5) is 18.9 Å². The number of halogens is 3. The summed E-state index contributed by atoms with van der Waals surface area (Å²) in [6.45, 7) is 1.29. The fourth-order valence-electron chi connectivity index (χ4n) is 5.25. The summed E-state index contributed by atoms with van der Waals surface area (Å²) in [5.41, 5.74) is 3.14. The molecule has 0 spiro atoms. The lowest BCUT2D eigenvalue weighted by molar-refractivity contribution is -0.138. The van der Waals surface area contributed by atoms with E-state index in [-0.39, 0.29) is 30.1 Å². The molecule has 2 amide bonds. The van der Waals surface area contributed by atoms with Crippen molar-refractivity contribution in [3.63, 3.8) is 0 Å². The van der Waals surface area contributed by atoms with Gasteiger partial charge in [-0.05, 0) is 83.8 Å². The summed E-state index contributed by atoms with van der Waals surface area (Å²) in [5, 5.41) is 6.14.